The van der Waals surface area contributed by atoms with Crippen LogP contribution < -0.4 is 10.6 Å². The van der Waals surface area contributed by atoms with Gasteiger partial charge in [-0.15, -0.1) is 0 Å². The van der Waals surface area contributed by atoms with Crippen LogP contribution in [0.1, 0.15) is 36.5 Å². The molecular weight excluding hydrogens is 336 g/mol. The highest BCUT2D eigenvalue weighted by Crippen LogP contribution is 2.21. The number of hydrogen-bond donors (Lipinski definition) is 3. The van der Waals surface area contributed by atoms with Crippen LogP contribution in [0.25, 0.3) is 11.3 Å². The lowest BCUT2D eigenvalue weighted by atomic mass is 10.1. The predicted octanol–water partition coefficient (Wildman–Crippen LogP) is 4.41. The van der Waals surface area contributed by atoms with Crippen LogP contribution in [0.3, 0.4) is 0 Å². The molecule has 0 aliphatic heterocycles. The Morgan fingerprint density at radius 3 is 2.48 bits per heavy atom. The Morgan fingerprint density at radius 2 is 1.78 bits per heavy atom. The summed E-state index contributed by atoms with van der Waals surface area (Å²) < 4.78 is 0. The maximum atomic E-state index is 11.6. The molecule has 27 heavy (non-hydrogen) atoms. The van der Waals surface area contributed by atoms with Gasteiger partial charge in [0, 0.05) is 30.8 Å². The number of nitrogens with one attached hydrogen (secondary N) is 3. The minimum atomic E-state index is 0.0620. The van der Waals surface area contributed by atoms with E-state index in [2.05, 4.69) is 52.0 Å². The molecule has 0 aliphatic carbocycles. The van der Waals surface area contributed by atoms with Crippen molar-refractivity contribution in [1.29, 1.82) is 0 Å². The second kappa shape index (κ2) is 9.14. The molecule has 1 amide bonds. The van der Waals surface area contributed by atoms with Crippen LogP contribution in [-0.2, 0) is 17.9 Å². The summed E-state index contributed by atoms with van der Waals surface area (Å²) in [4.78, 5) is 11.6. The van der Waals surface area contributed by atoms with Gasteiger partial charge in [-0.25, -0.2) is 0 Å². The fourth-order valence-corrected chi connectivity index (χ4v) is 2.91. The van der Waals surface area contributed by atoms with Crippen molar-refractivity contribution in [2.75, 3.05) is 5.32 Å². The summed E-state index contributed by atoms with van der Waals surface area (Å²) in [5.41, 5.74) is 6.59. The number of hydrogen-bond acceptors (Lipinski definition) is 3. The van der Waals surface area contributed by atoms with Crippen LogP contribution >= 0.6 is 0 Å². The number of nitrogens with zero attached hydrogens (tertiary/aromatic N) is 1. The summed E-state index contributed by atoms with van der Waals surface area (Å²) >= 11 is 0. The molecule has 0 fully saturated rings. The number of aromatic amines is 1. The van der Waals surface area contributed by atoms with Crippen LogP contribution in [0.15, 0.2) is 54.7 Å². The summed E-state index contributed by atoms with van der Waals surface area (Å²) in [6.45, 7) is 5.56. The quantitative estimate of drug-likeness (QED) is 0.556. The van der Waals surface area contributed by atoms with Gasteiger partial charge < -0.3 is 10.6 Å². The molecule has 0 aliphatic rings. The number of anilines is 1. The first-order valence-corrected chi connectivity index (χ1v) is 9.34. The van der Waals surface area contributed by atoms with Gasteiger partial charge >= 0.3 is 0 Å². The Bertz CT molecular complexity index is 866. The third kappa shape index (κ3) is 5.28. The minimum absolute atomic E-state index is 0.0620. The fourth-order valence-electron chi connectivity index (χ4n) is 2.91. The van der Waals surface area contributed by atoms with Gasteiger partial charge in [0.1, 0.15) is 0 Å². The molecule has 1 aromatic heterocycles. The number of benzene rings is 2. The van der Waals surface area contributed by atoms with Crippen LogP contribution in [0, 0.1) is 6.92 Å². The van der Waals surface area contributed by atoms with E-state index >= 15 is 0 Å². The molecule has 5 heteroatoms. The van der Waals surface area contributed by atoms with Crippen LogP contribution in [0.5, 0.6) is 0 Å². The van der Waals surface area contributed by atoms with Crippen molar-refractivity contribution in [3.63, 3.8) is 0 Å². The van der Waals surface area contributed by atoms with E-state index in [0.717, 1.165) is 42.0 Å². The highest BCUT2D eigenvalue weighted by Gasteiger charge is 2.07. The number of aryl methyl sites for hydroxylation is 1. The second-order valence-corrected chi connectivity index (χ2v) is 6.73. The molecule has 0 unspecified atom stereocenters. The molecule has 3 rings (SSSR count). The molecule has 0 saturated carbocycles. The standard InChI is InChI=1S/C22H26N4O/c1-3-4-21(27)25-20-11-7-17(8-12-20)13-23-14-19-15-24-26-22(19)18-9-5-16(2)6-10-18/h5-12,15,23H,3-4,13-14H2,1-2H3,(H,24,26)(H,25,27). The third-order valence-corrected chi connectivity index (χ3v) is 4.42. The van der Waals surface area contributed by atoms with Crippen molar-refractivity contribution < 1.29 is 4.79 Å². The van der Waals surface area contributed by atoms with E-state index in [-0.39, 0.29) is 5.91 Å². The molecule has 2 aromatic carbocycles. The summed E-state index contributed by atoms with van der Waals surface area (Å²) in [5, 5.41) is 13.7. The SMILES string of the molecule is CCCC(=O)Nc1ccc(CNCc2cn[nH]c2-c2ccc(C)cc2)cc1. The Hall–Kier alpha value is -2.92. The summed E-state index contributed by atoms with van der Waals surface area (Å²) in [5.74, 6) is 0.0620. The lowest BCUT2D eigenvalue weighted by molar-refractivity contribution is -0.116. The van der Waals surface area contributed by atoms with Gasteiger partial charge in [-0.05, 0) is 36.6 Å². The topological polar surface area (TPSA) is 69.8 Å². The maximum Gasteiger partial charge on any atom is 0.224 e. The third-order valence-electron chi connectivity index (χ3n) is 4.42. The highest BCUT2D eigenvalue weighted by atomic mass is 16.1. The number of carbonyl (C=O) groups excluding carboxylic acids is 1. The van der Waals surface area contributed by atoms with Gasteiger partial charge in [-0.1, -0.05) is 48.9 Å². The Morgan fingerprint density at radius 1 is 1.04 bits per heavy atom. The van der Waals surface area contributed by atoms with E-state index in [0.29, 0.717) is 6.42 Å². The zero-order valence-corrected chi connectivity index (χ0v) is 15.9. The number of aromatic nitrogens is 2. The van der Waals surface area contributed by atoms with Crippen molar-refractivity contribution in [1.82, 2.24) is 15.5 Å². The van der Waals surface area contributed by atoms with E-state index in [9.17, 15) is 4.79 Å². The first-order valence-electron chi connectivity index (χ1n) is 9.34. The maximum absolute atomic E-state index is 11.6. The van der Waals surface area contributed by atoms with Gasteiger partial charge in [-0.2, -0.15) is 5.10 Å². The molecule has 0 atom stereocenters. The van der Waals surface area contributed by atoms with Crippen molar-refractivity contribution >= 4 is 11.6 Å². The van der Waals surface area contributed by atoms with Gasteiger partial charge in [0.2, 0.25) is 5.91 Å². The Kier molecular flexibility index (Phi) is 6.39. The van der Waals surface area contributed by atoms with Crippen molar-refractivity contribution in [2.45, 2.75) is 39.8 Å². The van der Waals surface area contributed by atoms with Crippen molar-refractivity contribution in [3.05, 3.63) is 71.4 Å². The van der Waals surface area contributed by atoms with E-state index in [4.69, 9.17) is 0 Å². The molecule has 1 heterocycles. The average Bonchev–Trinajstić information content (AvgIpc) is 3.12. The Labute approximate surface area is 160 Å². The number of amides is 1. The number of rotatable bonds is 8. The molecule has 3 aromatic rings. The molecule has 0 spiro atoms. The molecule has 140 valence electrons. The van der Waals surface area contributed by atoms with Crippen LogP contribution in [0.4, 0.5) is 5.69 Å². The van der Waals surface area contributed by atoms with Gasteiger partial charge in [0.05, 0.1) is 11.9 Å². The van der Waals surface area contributed by atoms with E-state index in [1.54, 1.807) is 0 Å². The normalized spacial score (nSPS) is 10.7. The fraction of sp³-hybridized carbons (Fsp3) is 0.273. The largest absolute Gasteiger partial charge is 0.326 e. The van der Waals surface area contributed by atoms with E-state index in [1.807, 2.05) is 37.4 Å². The first-order chi connectivity index (χ1) is 13.2. The first kappa shape index (κ1) is 18.9. The molecule has 0 saturated heterocycles. The molecular formula is C22H26N4O. The van der Waals surface area contributed by atoms with Crippen LogP contribution in [0.2, 0.25) is 0 Å². The van der Waals surface area contributed by atoms with Gasteiger partial charge in [-0.3, -0.25) is 9.89 Å². The average molecular weight is 362 g/mol. The lowest BCUT2D eigenvalue weighted by Crippen LogP contribution is -2.13. The molecule has 0 radical (unpaired) electrons. The smallest absolute Gasteiger partial charge is 0.224 e. The zero-order chi connectivity index (χ0) is 19.1. The predicted molar refractivity (Wildman–Crippen MR) is 109 cm³/mol. The van der Waals surface area contributed by atoms with E-state index < -0.39 is 0 Å². The lowest BCUT2D eigenvalue weighted by Gasteiger charge is -2.08. The van der Waals surface area contributed by atoms with Gasteiger partial charge in [0.25, 0.3) is 0 Å². The molecule has 0 bridgehead atoms. The highest BCUT2D eigenvalue weighted by molar-refractivity contribution is 5.90. The molecule has 5 nitrogen and oxygen atoms in total. The summed E-state index contributed by atoms with van der Waals surface area (Å²) in [6.07, 6.45) is 3.28. The number of carbonyl (C=O) groups is 1. The van der Waals surface area contributed by atoms with Crippen molar-refractivity contribution in [2.24, 2.45) is 0 Å². The zero-order valence-electron chi connectivity index (χ0n) is 15.9. The summed E-state index contributed by atoms with van der Waals surface area (Å²) in [7, 11) is 0. The van der Waals surface area contributed by atoms with Gasteiger partial charge in [0.15, 0.2) is 0 Å². The minimum Gasteiger partial charge on any atom is -0.326 e. The number of H-pyrrole nitrogens is 1. The second-order valence-electron chi connectivity index (χ2n) is 6.73. The van der Waals surface area contributed by atoms with E-state index in [1.165, 1.54) is 11.1 Å². The van der Waals surface area contributed by atoms with Crippen molar-refractivity contribution in [3.8, 4) is 11.3 Å². The monoisotopic (exact) mass is 362 g/mol. The summed E-state index contributed by atoms with van der Waals surface area (Å²) in [6, 6.07) is 16.4. The van der Waals surface area contributed by atoms with Crippen LogP contribution in [-0.4, -0.2) is 16.1 Å². The molecule has 3 N–H and O–H groups in total. The Balaban J connectivity index is 1.54.